The van der Waals surface area contributed by atoms with Crippen LogP contribution in [0, 0.1) is 12.3 Å². The summed E-state index contributed by atoms with van der Waals surface area (Å²) in [5.74, 6) is 0.850. The second-order valence-corrected chi connectivity index (χ2v) is 3.39. The van der Waals surface area contributed by atoms with Gasteiger partial charge in [-0.05, 0) is 19.1 Å². The molecular weight excluding hydrogens is 200 g/mol. The standard InChI is InChI=1S/C9H9ClN4/c1-5-13-8(10)7-4-6(9(11)12)2-3-14(5)7/h2-4H,1H3,(H3,11,12). The van der Waals surface area contributed by atoms with E-state index in [4.69, 9.17) is 22.7 Å². The molecule has 0 atom stereocenters. The third-order valence-corrected chi connectivity index (χ3v) is 2.36. The zero-order valence-corrected chi connectivity index (χ0v) is 8.34. The first kappa shape index (κ1) is 9.02. The number of rotatable bonds is 1. The Bertz CT molecular complexity index is 515. The van der Waals surface area contributed by atoms with Crippen LogP contribution in [0.2, 0.25) is 5.15 Å². The lowest BCUT2D eigenvalue weighted by Crippen LogP contribution is -2.11. The molecule has 2 rings (SSSR count). The Hall–Kier alpha value is -1.55. The minimum Gasteiger partial charge on any atom is -0.384 e. The number of hydrogen-bond donors (Lipinski definition) is 2. The summed E-state index contributed by atoms with van der Waals surface area (Å²) in [6, 6.07) is 3.52. The molecule has 14 heavy (non-hydrogen) atoms. The summed E-state index contributed by atoms with van der Waals surface area (Å²) in [4.78, 5) is 4.11. The van der Waals surface area contributed by atoms with E-state index in [2.05, 4.69) is 4.98 Å². The lowest BCUT2D eigenvalue weighted by molar-refractivity contribution is 1.04. The van der Waals surface area contributed by atoms with Crippen molar-refractivity contribution < 1.29 is 0 Å². The van der Waals surface area contributed by atoms with Gasteiger partial charge in [0.2, 0.25) is 0 Å². The lowest BCUT2D eigenvalue weighted by Gasteiger charge is -2.00. The van der Waals surface area contributed by atoms with Crippen LogP contribution in [0.4, 0.5) is 0 Å². The molecule has 3 N–H and O–H groups in total. The summed E-state index contributed by atoms with van der Waals surface area (Å²) >= 11 is 5.91. The first-order chi connectivity index (χ1) is 6.59. The number of pyridine rings is 1. The van der Waals surface area contributed by atoms with Crippen molar-refractivity contribution in [3.05, 3.63) is 34.9 Å². The van der Waals surface area contributed by atoms with Crippen LogP contribution in [0.25, 0.3) is 5.52 Å². The number of hydrogen-bond acceptors (Lipinski definition) is 2. The Balaban J connectivity index is 2.77. The molecule has 5 heteroatoms. The molecule has 2 aromatic rings. The number of fused-ring (bicyclic) bond motifs is 1. The van der Waals surface area contributed by atoms with Crippen LogP contribution >= 0.6 is 11.6 Å². The van der Waals surface area contributed by atoms with Crippen LogP contribution in [-0.2, 0) is 0 Å². The summed E-state index contributed by atoms with van der Waals surface area (Å²) in [5.41, 5.74) is 6.80. The van der Waals surface area contributed by atoms with Gasteiger partial charge in [-0.15, -0.1) is 0 Å². The number of nitrogens with zero attached hydrogens (tertiary/aromatic N) is 2. The Morgan fingerprint density at radius 3 is 3.00 bits per heavy atom. The van der Waals surface area contributed by atoms with Gasteiger partial charge in [0.1, 0.15) is 11.7 Å². The van der Waals surface area contributed by atoms with Crippen LogP contribution in [0.3, 0.4) is 0 Å². The fourth-order valence-corrected chi connectivity index (χ4v) is 1.63. The Labute approximate surface area is 85.8 Å². The van der Waals surface area contributed by atoms with Gasteiger partial charge in [0.05, 0.1) is 5.52 Å². The van der Waals surface area contributed by atoms with E-state index in [1.807, 2.05) is 11.3 Å². The largest absolute Gasteiger partial charge is 0.384 e. The first-order valence-electron chi connectivity index (χ1n) is 4.08. The minimum absolute atomic E-state index is 0.0300. The SMILES string of the molecule is Cc1nc(Cl)c2cc(C(=N)N)ccn12. The molecule has 2 heterocycles. The fourth-order valence-electron chi connectivity index (χ4n) is 1.36. The van der Waals surface area contributed by atoms with E-state index in [-0.39, 0.29) is 5.84 Å². The molecule has 72 valence electrons. The summed E-state index contributed by atoms with van der Waals surface area (Å²) in [6.07, 6.45) is 1.81. The van der Waals surface area contributed by atoms with Gasteiger partial charge in [-0.3, -0.25) is 5.41 Å². The number of nitrogens with one attached hydrogen (secondary N) is 1. The van der Waals surface area contributed by atoms with Crippen molar-refractivity contribution in [3.8, 4) is 0 Å². The number of imidazole rings is 1. The fraction of sp³-hybridized carbons (Fsp3) is 0.111. The smallest absolute Gasteiger partial charge is 0.155 e. The molecule has 0 amide bonds. The molecule has 0 aliphatic carbocycles. The highest BCUT2D eigenvalue weighted by molar-refractivity contribution is 6.32. The Morgan fingerprint density at radius 2 is 2.36 bits per heavy atom. The van der Waals surface area contributed by atoms with Crippen LogP contribution in [0.5, 0.6) is 0 Å². The Kier molecular flexibility index (Phi) is 1.93. The molecule has 0 aliphatic rings. The van der Waals surface area contributed by atoms with E-state index >= 15 is 0 Å². The maximum atomic E-state index is 7.29. The number of nitrogens with two attached hydrogens (primary N) is 1. The highest BCUT2D eigenvalue weighted by Crippen LogP contribution is 2.18. The van der Waals surface area contributed by atoms with Gasteiger partial charge in [-0.1, -0.05) is 11.6 Å². The zero-order chi connectivity index (χ0) is 10.3. The number of halogens is 1. The molecule has 0 unspecified atom stereocenters. The maximum Gasteiger partial charge on any atom is 0.155 e. The highest BCUT2D eigenvalue weighted by atomic mass is 35.5. The summed E-state index contributed by atoms with van der Waals surface area (Å²) in [7, 11) is 0. The van der Waals surface area contributed by atoms with Gasteiger partial charge in [0, 0.05) is 11.8 Å². The highest BCUT2D eigenvalue weighted by Gasteiger charge is 2.07. The van der Waals surface area contributed by atoms with Gasteiger partial charge in [0.15, 0.2) is 5.15 Å². The second kappa shape index (κ2) is 2.99. The molecule has 0 fully saturated rings. The lowest BCUT2D eigenvalue weighted by atomic mass is 10.2. The van der Waals surface area contributed by atoms with E-state index in [1.54, 1.807) is 18.3 Å². The average Bonchev–Trinajstić information content (AvgIpc) is 2.42. The second-order valence-electron chi connectivity index (χ2n) is 3.03. The number of aromatic nitrogens is 2. The minimum atomic E-state index is 0.0300. The average molecular weight is 209 g/mol. The van der Waals surface area contributed by atoms with E-state index in [9.17, 15) is 0 Å². The summed E-state index contributed by atoms with van der Waals surface area (Å²) in [5, 5.41) is 7.73. The molecule has 0 aliphatic heterocycles. The molecular formula is C9H9ClN4. The van der Waals surface area contributed by atoms with Crippen LogP contribution in [0.1, 0.15) is 11.4 Å². The van der Waals surface area contributed by atoms with Gasteiger partial charge in [-0.2, -0.15) is 0 Å². The van der Waals surface area contributed by atoms with Crippen LogP contribution in [0.15, 0.2) is 18.3 Å². The van der Waals surface area contributed by atoms with Crippen molar-refractivity contribution in [1.82, 2.24) is 9.38 Å². The van der Waals surface area contributed by atoms with Crippen molar-refractivity contribution in [2.45, 2.75) is 6.92 Å². The molecule has 0 bridgehead atoms. The molecule has 0 radical (unpaired) electrons. The number of aryl methyl sites for hydroxylation is 1. The third kappa shape index (κ3) is 1.24. The van der Waals surface area contributed by atoms with E-state index in [1.165, 1.54) is 0 Å². The normalized spacial score (nSPS) is 10.7. The third-order valence-electron chi connectivity index (χ3n) is 2.09. The van der Waals surface area contributed by atoms with Gasteiger partial charge in [0.25, 0.3) is 0 Å². The topological polar surface area (TPSA) is 67.2 Å². The predicted octanol–water partition coefficient (Wildman–Crippen LogP) is 1.58. The molecule has 4 nitrogen and oxygen atoms in total. The first-order valence-corrected chi connectivity index (χ1v) is 4.46. The van der Waals surface area contributed by atoms with E-state index < -0.39 is 0 Å². The van der Waals surface area contributed by atoms with Crippen molar-refractivity contribution in [2.24, 2.45) is 5.73 Å². The molecule has 0 saturated heterocycles. The van der Waals surface area contributed by atoms with Crippen molar-refractivity contribution in [2.75, 3.05) is 0 Å². The summed E-state index contributed by atoms with van der Waals surface area (Å²) in [6.45, 7) is 1.87. The van der Waals surface area contributed by atoms with Crippen molar-refractivity contribution in [3.63, 3.8) is 0 Å². The number of nitrogen functional groups attached to an aromatic ring is 1. The van der Waals surface area contributed by atoms with E-state index in [0.29, 0.717) is 10.7 Å². The molecule has 0 aromatic carbocycles. The molecule has 0 saturated carbocycles. The summed E-state index contributed by atoms with van der Waals surface area (Å²) < 4.78 is 1.86. The monoisotopic (exact) mass is 208 g/mol. The van der Waals surface area contributed by atoms with Crippen molar-refractivity contribution in [1.29, 1.82) is 5.41 Å². The van der Waals surface area contributed by atoms with Gasteiger partial charge in [-0.25, -0.2) is 4.98 Å². The Morgan fingerprint density at radius 1 is 1.64 bits per heavy atom. The number of amidine groups is 1. The van der Waals surface area contributed by atoms with Crippen molar-refractivity contribution >= 4 is 23.0 Å². The molecule has 0 spiro atoms. The van der Waals surface area contributed by atoms with Crippen LogP contribution in [-0.4, -0.2) is 15.2 Å². The van der Waals surface area contributed by atoms with Crippen LogP contribution < -0.4 is 5.73 Å². The van der Waals surface area contributed by atoms with Gasteiger partial charge < -0.3 is 10.1 Å². The maximum absolute atomic E-state index is 7.29. The van der Waals surface area contributed by atoms with Gasteiger partial charge >= 0.3 is 0 Å². The van der Waals surface area contributed by atoms with E-state index in [0.717, 1.165) is 11.3 Å². The predicted molar refractivity (Wildman–Crippen MR) is 56.0 cm³/mol. The quantitative estimate of drug-likeness (QED) is 0.552. The molecule has 2 aromatic heterocycles. The zero-order valence-electron chi connectivity index (χ0n) is 7.58.